The number of aryl methyl sites for hydroxylation is 1. The smallest absolute Gasteiger partial charge is 0.257 e. The van der Waals surface area contributed by atoms with Crippen LogP contribution in [0.2, 0.25) is 0 Å². The zero-order valence-corrected chi connectivity index (χ0v) is 18.1. The van der Waals surface area contributed by atoms with E-state index in [0.29, 0.717) is 25.1 Å². The van der Waals surface area contributed by atoms with E-state index in [9.17, 15) is 14.7 Å². The lowest BCUT2D eigenvalue weighted by molar-refractivity contribution is -0.125. The third-order valence-electron chi connectivity index (χ3n) is 5.90. The molecule has 0 unspecified atom stereocenters. The van der Waals surface area contributed by atoms with Crippen LogP contribution in [0.3, 0.4) is 0 Å². The second-order valence-corrected chi connectivity index (χ2v) is 8.41. The van der Waals surface area contributed by atoms with Crippen LogP contribution in [-0.4, -0.2) is 51.3 Å². The molecule has 1 aliphatic heterocycles. The lowest BCUT2D eigenvalue weighted by atomic mass is 9.99. The Morgan fingerprint density at radius 2 is 2.06 bits per heavy atom. The van der Waals surface area contributed by atoms with Gasteiger partial charge in [-0.05, 0) is 18.9 Å². The maximum Gasteiger partial charge on any atom is 0.257 e. The van der Waals surface area contributed by atoms with Crippen molar-refractivity contribution in [1.29, 1.82) is 0 Å². The Labute approximate surface area is 194 Å². The molecule has 1 aromatic carbocycles. The first-order chi connectivity index (χ1) is 16.9. The number of fused-ring (bicyclic) bond motifs is 3. The van der Waals surface area contributed by atoms with Crippen molar-refractivity contribution in [3.63, 3.8) is 0 Å². The minimum absolute atomic E-state index is 0.0242. The number of aromatic nitrogens is 3. The van der Waals surface area contributed by atoms with Crippen LogP contribution in [0.4, 0.5) is 22.9 Å². The van der Waals surface area contributed by atoms with Crippen molar-refractivity contribution in [2.45, 2.75) is 25.0 Å². The van der Waals surface area contributed by atoms with E-state index in [0.717, 1.165) is 22.5 Å². The van der Waals surface area contributed by atoms with Crippen molar-refractivity contribution in [2.24, 2.45) is 7.05 Å². The predicted molar refractivity (Wildman–Crippen MR) is 124 cm³/mol. The Hall–Kier alpha value is -3.92. The predicted octanol–water partition coefficient (Wildman–Crippen LogP) is 2.00. The summed E-state index contributed by atoms with van der Waals surface area (Å²) in [5, 5.41) is 22.4. The summed E-state index contributed by atoms with van der Waals surface area (Å²) >= 11 is 0. The molecule has 1 aliphatic carbocycles. The fraction of sp³-hybridized carbons (Fsp3) is 0.304. The zero-order valence-electron chi connectivity index (χ0n) is 21.1. The number of benzene rings is 1. The number of hydrogen-bond donors (Lipinski definition) is 4. The van der Waals surface area contributed by atoms with E-state index in [1.54, 1.807) is 4.68 Å². The molecule has 3 heterocycles. The minimum Gasteiger partial charge on any atom is -0.380 e. The molecule has 170 valence electrons. The Morgan fingerprint density at radius 3 is 2.82 bits per heavy atom. The standard InChI is InChI=1S/C23H25N7O3/c1-24-21(31)15-10-25-18(27-22(32)23(33)7-8-23)9-17(15)26-16-6-4-5-14-19-13(12-30(3)28-19)11-29(2)20(14)16/h4-6,9-10,12,33H,7-8,11H2,1-3H3,(H,24,31)(H2,25,26,27,32)/i1D3. The van der Waals surface area contributed by atoms with Gasteiger partial charge >= 0.3 is 0 Å². The van der Waals surface area contributed by atoms with Gasteiger partial charge in [-0.2, -0.15) is 5.10 Å². The van der Waals surface area contributed by atoms with Crippen LogP contribution >= 0.6 is 0 Å². The molecule has 1 saturated carbocycles. The monoisotopic (exact) mass is 450 g/mol. The van der Waals surface area contributed by atoms with Crippen LogP contribution in [0.5, 0.6) is 0 Å². The highest BCUT2D eigenvalue weighted by atomic mass is 16.3. The Morgan fingerprint density at radius 1 is 1.24 bits per heavy atom. The number of carbonyl (C=O) groups is 2. The first kappa shape index (κ1) is 17.6. The molecule has 0 saturated heterocycles. The molecule has 0 atom stereocenters. The molecule has 2 aliphatic rings. The second-order valence-electron chi connectivity index (χ2n) is 8.41. The van der Waals surface area contributed by atoms with Gasteiger partial charge in [0.2, 0.25) is 0 Å². The minimum atomic E-state index is -2.70. The van der Waals surface area contributed by atoms with Gasteiger partial charge in [0.1, 0.15) is 11.4 Å². The van der Waals surface area contributed by atoms with Crippen LogP contribution < -0.4 is 20.9 Å². The van der Waals surface area contributed by atoms with Gasteiger partial charge in [-0.1, -0.05) is 12.1 Å². The molecule has 2 aromatic heterocycles. The fourth-order valence-electron chi connectivity index (χ4n) is 4.06. The molecule has 4 N–H and O–H groups in total. The van der Waals surface area contributed by atoms with Crippen molar-refractivity contribution in [3.05, 3.63) is 47.8 Å². The molecule has 0 radical (unpaired) electrons. The fourth-order valence-corrected chi connectivity index (χ4v) is 4.06. The Kier molecular flexibility index (Phi) is 4.05. The van der Waals surface area contributed by atoms with Crippen LogP contribution in [0.1, 0.15) is 32.9 Å². The normalized spacial score (nSPS) is 17.1. The lowest BCUT2D eigenvalue weighted by Gasteiger charge is -2.29. The average molecular weight is 451 g/mol. The average Bonchev–Trinajstić information content (AvgIpc) is 3.43. The van der Waals surface area contributed by atoms with E-state index in [4.69, 9.17) is 4.11 Å². The number of nitrogens with zero attached hydrogens (tertiary/aromatic N) is 4. The van der Waals surface area contributed by atoms with Gasteiger partial charge in [-0.3, -0.25) is 14.3 Å². The first-order valence-electron chi connectivity index (χ1n) is 11.9. The second kappa shape index (κ2) is 7.59. The highest BCUT2D eigenvalue weighted by Gasteiger charge is 2.48. The van der Waals surface area contributed by atoms with Gasteiger partial charge in [0.15, 0.2) is 0 Å². The Balaban J connectivity index is 1.54. The van der Waals surface area contributed by atoms with Crippen molar-refractivity contribution in [2.75, 3.05) is 29.6 Å². The molecule has 2 amide bonds. The summed E-state index contributed by atoms with van der Waals surface area (Å²) in [5.74, 6) is -1.33. The highest BCUT2D eigenvalue weighted by molar-refractivity contribution is 6.03. The number of hydrogen-bond acceptors (Lipinski definition) is 7. The molecule has 33 heavy (non-hydrogen) atoms. The maximum absolute atomic E-state index is 12.8. The van der Waals surface area contributed by atoms with Crippen molar-refractivity contribution < 1.29 is 18.8 Å². The van der Waals surface area contributed by atoms with E-state index >= 15 is 0 Å². The van der Waals surface area contributed by atoms with E-state index < -0.39 is 24.4 Å². The van der Waals surface area contributed by atoms with Crippen molar-refractivity contribution in [1.82, 2.24) is 20.1 Å². The van der Waals surface area contributed by atoms with Gasteiger partial charge in [-0.25, -0.2) is 4.98 Å². The van der Waals surface area contributed by atoms with E-state index in [1.165, 1.54) is 12.3 Å². The van der Waals surface area contributed by atoms with E-state index in [-0.39, 0.29) is 17.1 Å². The first-order valence-corrected chi connectivity index (χ1v) is 10.4. The number of amides is 2. The molecule has 10 heteroatoms. The molecule has 0 spiro atoms. The zero-order chi connectivity index (χ0) is 25.8. The van der Waals surface area contributed by atoms with Gasteiger partial charge < -0.3 is 26.0 Å². The summed E-state index contributed by atoms with van der Waals surface area (Å²) in [6.07, 6.45) is 3.88. The molecular formula is C23H25N7O3. The quantitative estimate of drug-likeness (QED) is 0.469. The molecule has 10 nitrogen and oxygen atoms in total. The lowest BCUT2D eigenvalue weighted by Crippen LogP contribution is -2.29. The summed E-state index contributed by atoms with van der Waals surface area (Å²) in [7, 11) is 3.80. The number of carbonyl (C=O) groups excluding carboxylic acids is 2. The number of anilines is 4. The third kappa shape index (κ3) is 3.68. The number of rotatable bonds is 5. The highest BCUT2D eigenvalue weighted by Crippen LogP contribution is 2.43. The maximum atomic E-state index is 12.8. The van der Waals surface area contributed by atoms with Gasteiger partial charge in [0.05, 0.1) is 28.3 Å². The Bertz CT molecular complexity index is 1380. The van der Waals surface area contributed by atoms with Crippen LogP contribution in [0, 0.1) is 0 Å². The van der Waals surface area contributed by atoms with Crippen LogP contribution in [-0.2, 0) is 18.4 Å². The summed E-state index contributed by atoms with van der Waals surface area (Å²) < 4.78 is 23.9. The summed E-state index contributed by atoms with van der Waals surface area (Å²) in [6, 6.07) is 7.08. The SMILES string of the molecule is [2H]C([2H])([2H])NC(=O)c1cnc(NC(=O)C2(O)CC2)cc1Nc1cccc2c1N(C)Cc1cn(C)nc1-2. The largest absolute Gasteiger partial charge is 0.380 e. The van der Waals surface area contributed by atoms with E-state index in [2.05, 4.69) is 25.6 Å². The number of pyridine rings is 1. The van der Waals surface area contributed by atoms with Crippen LogP contribution in [0.25, 0.3) is 11.3 Å². The van der Waals surface area contributed by atoms with Gasteiger partial charge in [-0.15, -0.1) is 0 Å². The summed E-state index contributed by atoms with van der Waals surface area (Å²) in [5.41, 5.74) is 3.14. The third-order valence-corrected chi connectivity index (χ3v) is 5.90. The number of nitrogens with one attached hydrogen (secondary N) is 3. The van der Waals surface area contributed by atoms with Crippen LogP contribution in [0.15, 0.2) is 36.7 Å². The number of para-hydroxylation sites is 1. The number of aliphatic hydroxyl groups is 1. The molecule has 1 fully saturated rings. The molecular weight excluding hydrogens is 422 g/mol. The van der Waals surface area contributed by atoms with Crippen molar-refractivity contribution in [3.8, 4) is 11.3 Å². The molecule has 0 bridgehead atoms. The van der Waals surface area contributed by atoms with Gasteiger partial charge in [0, 0.05) is 61.3 Å². The van der Waals surface area contributed by atoms with Gasteiger partial charge in [0.25, 0.3) is 11.8 Å². The van der Waals surface area contributed by atoms with Crippen molar-refractivity contribution >= 4 is 34.7 Å². The molecule has 3 aromatic rings. The topological polar surface area (TPSA) is 124 Å². The molecule has 5 rings (SSSR count). The summed E-state index contributed by atoms with van der Waals surface area (Å²) in [4.78, 5) is 31.3. The van der Waals surface area contributed by atoms with E-state index in [1.807, 2.05) is 43.8 Å². The summed E-state index contributed by atoms with van der Waals surface area (Å²) in [6.45, 7) is -2.07.